The van der Waals surface area contributed by atoms with E-state index in [2.05, 4.69) is 5.32 Å². The van der Waals surface area contributed by atoms with Crippen molar-refractivity contribution in [2.75, 3.05) is 18.7 Å². The third-order valence-corrected chi connectivity index (χ3v) is 3.32. The van der Waals surface area contributed by atoms with Gasteiger partial charge in [0.1, 0.15) is 6.10 Å². The molecular formula is C13H14ClNO3. The average molecular weight is 268 g/mol. The lowest BCUT2D eigenvalue weighted by Crippen LogP contribution is -2.23. The highest BCUT2D eigenvalue weighted by atomic mass is 35.5. The molecule has 1 atom stereocenters. The van der Waals surface area contributed by atoms with E-state index in [0.29, 0.717) is 10.8 Å². The fourth-order valence-corrected chi connectivity index (χ4v) is 2.23. The zero-order chi connectivity index (χ0) is 12.4. The van der Waals surface area contributed by atoms with E-state index in [4.69, 9.17) is 25.8 Å². The molecule has 1 N–H and O–H groups in total. The molecule has 0 amide bonds. The van der Waals surface area contributed by atoms with Crippen LogP contribution in [0.3, 0.4) is 0 Å². The Hall–Kier alpha value is -1.55. The molecule has 2 heterocycles. The van der Waals surface area contributed by atoms with Crippen molar-refractivity contribution in [1.82, 2.24) is 0 Å². The number of anilines is 1. The van der Waals surface area contributed by atoms with E-state index in [9.17, 15) is 0 Å². The average Bonchev–Trinajstić information content (AvgIpc) is 2.84. The highest BCUT2D eigenvalue weighted by Crippen LogP contribution is 2.39. The van der Waals surface area contributed by atoms with Crippen molar-refractivity contribution in [3.05, 3.63) is 29.5 Å². The lowest BCUT2D eigenvalue weighted by molar-refractivity contribution is 0.135. The molecule has 1 aromatic rings. The molecule has 0 fully saturated rings. The molecule has 0 spiro atoms. The Kier molecular flexibility index (Phi) is 3.19. The van der Waals surface area contributed by atoms with Gasteiger partial charge in [-0.2, -0.15) is 0 Å². The topological polar surface area (TPSA) is 39.7 Å². The second-order valence-corrected chi connectivity index (χ2v) is 4.68. The maximum absolute atomic E-state index is 6.17. The number of halogens is 1. The Labute approximate surface area is 110 Å². The maximum Gasteiger partial charge on any atom is 0.231 e. The minimum atomic E-state index is 0.191. The predicted octanol–water partition coefficient (Wildman–Crippen LogP) is 3.17. The van der Waals surface area contributed by atoms with Crippen LogP contribution in [0.5, 0.6) is 11.5 Å². The van der Waals surface area contributed by atoms with Gasteiger partial charge in [-0.25, -0.2) is 0 Å². The van der Waals surface area contributed by atoms with Crippen LogP contribution in [0.1, 0.15) is 12.8 Å². The molecule has 0 radical (unpaired) electrons. The van der Waals surface area contributed by atoms with Gasteiger partial charge in [0.15, 0.2) is 11.5 Å². The lowest BCUT2D eigenvalue weighted by Gasteiger charge is -2.20. The monoisotopic (exact) mass is 267 g/mol. The van der Waals surface area contributed by atoms with Gasteiger partial charge in [0.25, 0.3) is 0 Å². The second kappa shape index (κ2) is 4.98. The highest BCUT2D eigenvalue weighted by molar-refractivity contribution is 6.33. The summed E-state index contributed by atoms with van der Waals surface area (Å²) >= 11 is 6.17. The van der Waals surface area contributed by atoms with E-state index in [1.165, 1.54) is 0 Å². The molecule has 1 unspecified atom stereocenters. The van der Waals surface area contributed by atoms with Crippen LogP contribution in [0, 0.1) is 0 Å². The Morgan fingerprint density at radius 2 is 2.11 bits per heavy atom. The number of hydrogen-bond donors (Lipinski definition) is 1. The van der Waals surface area contributed by atoms with E-state index in [1.54, 1.807) is 12.3 Å². The lowest BCUT2D eigenvalue weighted by atomic mass is 10.1. The molecule has 4 nitrogen and oxygen atoms in total. The van der Waals surface area contributed by atoms with Gasteiger partial charge in [-0.15, -0.1) is 0 Å². The molecule has 2 aliphatic heterocycles. The van der Waals surface area contributed by atoms with Crippen LogP contribution in [-0.2, 0) is 4.74 Å². The van der Waals surface area contributed by atoms with Gasteiger partial charge in [0.2, 0.25) is 6.79 Å². The molecular weight excluding hydrogens is 254 g/mol. The summed E-state index contributed by atoms with van der Waals surface area (Å²) in [5.74, 6) is 1.42. The number of rotatable bonds is 3. The second-order valence-electron chi connectivity index (χ2n) is 4.27. The first-order valence-corrected chi connectivity index (χ1v) is 6.34. The van der Waals surface area contributed by atoms with E-state index >= 15 is 0 Å². The van der Waals surface area contributed by atoms with Gasteiger partial charge >= 0.3 is 0 Å². The molecule has 96 valence electrons. The summed E-state index contributed by atoms with van der Waals surface area (Å²) in [5, 5.41) is 3.92. The fraction of sp³-hybridized carbons (Fsp3) is 0.385. The Morgan fingerprint density at radius 1 is 1.28 bits per heavy atom. The van der Waals surface area contributed by atoms with Gasteiger partial charge in [-0.1, -0.05) is 11.6 Å². The Balaban J connectivity index is 1.67. The largest absolute Gasteiger partial charge is 0.497 e. The molecule has 18 heavy (non-hydrogen) atoms. The van der Waals surface area contributed by atoms with Crippen molar-refractivity contribution in [2.45, 2.75) is 18.9 Å². The number of allylic oxidation sites excluding steroid dienone is 1. The summed E-state index contributed by atoms with van der Waals surface area (Å²) in [6.07, 6.45) is 6.06. The van der Waals surface area contributed by atoms with Crippen LogP contribution in [-0.4, -0.2) is 19.4 Å². The molecule has 0 saturated carbocycles. The van der Waals surface area contributed by atoms with E-state index in [-0.39, 0.29) is 12.9 Å². The van der Waals surface area contributed by atoms with Crippen molar-refractivity contribution >= 4 is 17.3 Å². The molecule has 1 aromatic carbocycles. The van der Waals surface area contributed by atoms with E-state index in [1.807, 2.05) is 12.1 Å². The summed E-state index contributed by atoms with van der Waals surface area (Å²) in [5.41, 5.74) is 0.846. The summed E-state index contributed by atoms with van der Waals surface area (Å²) < 4.78 is 16.1. The van der Waals surface area contributed by atoms with Crippen LogP contribution >= 0.6 is 11.6 Å². The summed E-state index contributed by atoms with van der Waals surface area (Å²) in [6.45, 7) is 0.981. The van der Waals surface area contributed by atoms with Gasteiger partial charge in [0.05, 0.1) is 23.5 Å². The zero-order valence-corrected chi connectivity index (χ0v) is 10.6. The van der Waals surface area contributed by atoms with E-state index in [0.717, 1.165) is 30.8 Å². The molecule has 0 aromatic heterocycles. The number of fused-ring (bicyclic) bond motifs is 1. The van der Waals surface area contributed by atoms with Crippen molar-refractivity contribution in [2.24, 2.45) is 0 Å². The number of ether oxygens (including phenoxy) is 3. The van der Waals surface area contributed by atoms with Crippen LogP contribution in [0.4, 0.5) is 5.69 Å². The minimum Gasteiger partial charge on any atom is -0.497 e. The SMILES string of the molecule is Clc1cc2c(cc1NCC1CCC=CO1)OCO2. The predicted molar refractivity (Wildman–Crippen MR) is 69.3 cm³/mol. The van der Waals surface area contributed by atoms with Gasteiger partial charge in [-0.05, 0) is 18.9 Å². The fourth-order valence-electron chi connectivity index (χ4n) is 2.01. The molecule has 0 saturated heterocycles. The van der Waals surface area contributed by atoms with E-state index < -0.39 is 0 Å². The van der Waals surface area contributed by atoms with Crippen LogP contribution in [0.2, 0.25) is 5.02 Å². The normalized spacial score (nSPS) is 20.6. The van der Waals surface area contributed by atoms with Crippen molar-refractivity contribution in [3.8, 4) is 11.5 Å². The molecule has 0 bridgehead atoms. The Morgan fingerprint density at radius 3 is 2.89 bits per heavy atom. The van der Waals surface area contributed by atoms with Crippen molar-refractivity contribution in [1.29, 1.82) is 0 Å². The molecule has 3 rings (SSSR count). The minimum absolute atomic E-state index is 0.191. The van der Waals surface area contributed by atoms with Crippen molar-refractivity contribution in [3.63, 3.8) is 0 Å². The number of benzene rings is 1. The quantitative estimate of drug-likeness (QED) is 0.913. The summed E-state index contributed by atoms with van der Waals surface area (Å²) in [7, 11) is 0. The molecule has 2 aliphatic rings. The summed E-state index contributed by atoms with van der Waals surface area (Å²) in [6, 6.07) is 3.64. The third kappa shape index (κ3) is 2.34. The maximum atomic E-state index is 6.17. The smallest absolute Gasteiger partial charge is 0.231 e. The van der Waals surface area contributed by atoms with Gasteiger partial charge in [-0.3, -0.25) is 0 Å². The molecule has 5 heteroatoms. The van der Waals surface area contributed by atoms with Crippen LogP contribution in [0.25, 0.3) is 0 Å². The molecule has 0 aliphatic carbocycles. The first-order valence-electron chi connectivity index (χ1n) is 5.96. The first kappa shape index (κ1) is 11.5. The first-order chi connectivity index (χ1) is 8.83. The van der Waals surface area contributed by atoms with Crippen molar-refractivity contribution < 1.29 is 14.2 Å². The summed E-state index contributed by atoms with van der Waals surface area (Å²) in [4.78, 5) is 0. The third-order valence-electron chi connectivity index (χ3n) is 3.00. The Bertz CT molecular complexity index is 476. The highest BCUT2D eigenvalue weighted by Gasteiger charge is 2.17. The number of hydrogen-bond acceptors (Lipinski definition) is 4. The number of nitrogens with one attached hydrogen (secondary N) is 1. The standard InChI is InChI=1S/C13H14ClNO3/c14-10-5-12-13(18-8-17-12)6-11(10)15-7-9-3-1-2-4-16-9/h2,4-6,9,15H,1,3,7-8H2. The van der Waals surface area contributed by atoms with Gasteiger partial charge < -0.3 is 19.5 Å². The van der Waals surface area contributed by atoms with Crippen LogP contribution < -0.4 is 14.8 Å². The van der Waals surface area contributed by atoms with Crippen LogP contribution in [0.15, 0.2) is 24.5 Å². The zero-order valence-electron chi connectivity index (χ0n) is 9.82. The van der Waals surface area contributed by atoms with Gasteiger partial charge in [0, 0.05) is 12.1 Å².